The molecule has 0 bridgehead atoms. The lowest BCUT2D eigenvalue weighted by Crippen LogP contribution is -2.44. The van der Waals surface area contributed by atoms with E-state index in [2.05, 4.69) is 5.32 Å². The summed E-state index contributed by atoms with van der Waals surface area (Å²) >= 11 is 0. The van der Waals surface area contributed by atoms with Crippen LogP contribution < -0.4 is 15.4 Å². The molecule has 0 fully saturated rings. The predicted molar refractivity (Wildman–Crippen MR) is 108 cm³/mol. The van der Waals surface area contributed by atoms with E-state index in [-0.39, 0.29) is 6.04 Å². The highest BCUT2D eigenvalue weighted by atomic mass is 19.1. The van der Waals surface area contributed by atoms with E-state index in [1.165, 1.54) is 0 Å². The first kappa shape index (κ1) is 21.0. The number of rotatable bonds is 6. The highest BCUT2D eigenvalue weighted by molar-refractivity contribution is 6.04. The third kappa shape index (κ3) is 5.64. The molecule has 0 radical (unpaired) electrons. The van der Waals surface area contributed by atoms with E-state index in [0.29, 0.717) is 12.2 Å². The highest BCUT2D eigenvalue weighted by Crippen LogP contribution is 2.21. The molecule has 0 saturated carbocycles. The van der Waals surface area contributed by atoms with E-state index in [0.717, 1.165) is 29.5 Å². The molecule has 5 nitrogen and oxygen atoms in total. The molecular weight excluding hydrogens is 390 g/mol. The van der Waals surface area contributed by atoms with Gasteiger partial charge < -0.3 is 10.1 Å². The van der Waals surface area contributed by atoms with E-state index < -0.39 is 29.1 Å². The van der Waals surface area contributed by atoms with Crippen LogP contribution in [0.4, 0.5) is 13.6 Å². The molecule has 1 atom stereocenters. The Morgan fingerprint density at radius 2 is 1.47 bits per heavy atom. The number of urea groups is 1. The Bertz CT molecular complexity index is 1000. The maximum absolute atomic E-state index is 13.6. The third-order valence-corrected chi connectivity index (χ3v) is 4.24. The Balaban J connectivity index is 1.51. The molecule has 0 aliphatic carbocycles. The summed E-state index contributed by atoms with van der Waals surface area (Å²) in [7, 11) is 0. The van der Waals surface area contributed by atoms with Crippen LogP contribution in [0.2, 0.25) is 0 Å². The molecule has 0 spiro atoms. The van der Waals surface area contributed by atoms with Gasteiger partial charge in [0.05, 0.1) is 0 Å². The molecule has 30 heavy (non-hydrogen) atoms. The molecule has 3 aromatic rings. The minimum atomic E-state index is -1.14. The molecule has 0 heterocycles. The number of imide groups is 1. The molecule has 3 rings (SSSR count). The van der Waals surface area contributed by atoms with Crippen LogP contribution in [-0.2, 0) is 6.42 Å². The zero-order valence-electron chi connectivity index (χ0n) is 16.2. The summed E-state index contributed by atoms with van der Waals surface area (Å²) in [5.74, 6) is -1.80. The number of nitrogens with one attached hydrogen (secondary N) is 2. The number of hydrogen-bond acceptors (Lipinski definition) is 3. The summed E-state index contributed by atoms with van der Waals surface area (Å²) in [5.41, 5.74) is 0.143. The minimum Gasteiger partial charge on any atom is -0.457 e. The van der Waals surface area contributed by atoms with Crippen molar-refractivity contribution in [2.45, 2.75) is 19.4 Å². The van der Waals surface area contributed by atoms with Crippen LogP contribution in [-0.4, -0.2) is 18.0 Å². The molecule has 154 valence electrons. The number of benzene rings is 3. The van der Waals surface area contributed by atoms with Gasteiger partial charge in [-0.05, 0) is 55.3 Å². The van der Waals surface area contributed by atoms with Crippen molar-refractivity contribution in [3.8, 4) is 11.5 Å². The van der Waals surface area contributed by atoms with Crippen LogP contribution in [0.5, 0.6) is 11.5 Å². The standard InChI is InChI=1S/C23H20F2N2O3/c1-15(26-23(29)27-22(28)21-19(24)8-5-9-20(21)25)14-16-10-12-18(13-11-16)30-17-6-3-2-4-7-17/h2-13,15H,14H2,1H3,(H2,26,27,28,29). The van der Waals surface area contributed by atoms with Gasteiger partial charge >= 0.3 is 6.03 Å². The van der Waals surface area contributed by atoms with E-state index in [4.69, 9.17) is 4.74 Å². The van der Waals surface area contributed by atoms with Gasteiger partial charge in [-0.3, -0.25) is 10.1 Å². The molecule has 1 unspecified atom stereocenters. The number of halogens is 2. The number of hydrogen-bond donors (Lipinski definition) is 2. The van der Waals surface area contributed by atoms with E-state index in [9.17, 15) is 18.4 Å². The van der Waals surface area contributed by atoms with Gasteiger partial charge in [0, 0.05) is 6.04 Å². The Morgan fingerprint density at radius 1 is 0.867 bits per heavy atom. The maximum atomic E-state index is 13.6. The molecule has 2 N–H and O–H groups in total. The number of carbonyl (C=O) groups excluding carboxylic acids is 2. The normalized spacial score (nSPS) is 11.4. The van der Waals surface area contributed by atoms with Crippen LogP contribution in [0.3, 0.4) is 0 Å². The zero-order chi connectivity index (χ0) is 21.5. The van der Waals surface area contributed by atoms with Gasteiger partial charge in [-0.2, -0.15) is 0 Å². The summed E-state index contributed by atoms with van der Waals surface area (Å²) in [6, 6.07) is 18.6. The monoisotopic (exact) mass is 410 g/mol. The summed E-state index contributed by atoms with van der Waals surface area (Å²) in [6.07, 6.45) is 0.487. The lowest BCUT2D eigenvalue weighted by molar-refractivity contribution is 0.0955. The Morgan fingerprint density at radius 3 is 2.10 bits per heavy atom. The van der Waals surface area contributed by atoms with Crippen LogP contribution in [0.15, 0.2) is 72.8 Å². The molecule has 0 saturated heterocycles. The van der Waals surface area contributed by atoms with Crippen molar-refractivity contribution in [2.24, 2.45) is 0 Å². The maximum Gasteiger partial charge on any atom is 0.321 e. The fraction of sp³-hybridized carbons (Fsp3) is 0.130. The fourth-order valence-electron chi connectivity index (χ4n) is 2.86. The largest absolute Gasteiger partial charge is 0.457 e. The van der Waals surface area contributed by atoms with Crippen LogP contribution >= 0.6 is 0 Å². The average Bonchev–Trinajstić information content (AvgIpc) is 2.70. The van der Waals surface area contributed by atoms with Gasteiger partial charge in [0.1, 0.15) is 28.7 Å². The molecule has 0 aromatic heterocycles. The second-order valence-corrected chi connectivity index (χ2v) is 6.69. The third-order valence-electron chi connectivity index (χ3n) is 4.24. The molecule has 3 amide bonds. The van der Waals surface area contributed by atoms with Crippen molar-refractivity contribution in [3.05, 3.63) is 95.6 Å². The van der Waals surface area contributed by atoms with E-state index in [1.54, 1.807) is 6.92 Å². The second-order valence-electron chi connectivity index (χ2n) is 6.69. The average molecular weight is 410 g/mol. The SMILES string of the molecule is CC(Cc1ccc(Oc2ccccc2)cc1)NC(=O)NC(=O)c1c(F)cccc1F. The molecule has 0 aliphatic rings. The number of ether oxygens (including phenoxy) is 1. The van der Waals surface area contributed by atoms with Gasteiger partial charge in [-0.15, -0.1) is 0 Å². The fourth-order valence-corrected chi connectivity index (χ4v) is 2.86. The summed E-state index contributed by atoms with van der Waals surface area (Å²) in [6.45, 7) is 1.75. The molecule has 3 aromatic carbocycles. The first-order valence-electron chi connectivity index (χ1n) is 9.30. The first-order valence-corrected chi connectivity index (χ1v) is 9.30. The quantitative estimate of drug-likeness (QED) is 0.612. The van der Waals surface area contributed by atoms with E-state index in [1.807, 2.05) is 59.9 Å². The van der Waals surface area contributed by atoms with Gasteiger partial charge in [0.25, 0.3) is 5.91 Å². The Kier molecular flexibility index (Phi) is 6.75. The first-order chi connectivity index (χ1) is 14.4. The van der Waals surface area contributed by atoms with E-state index >= 15 is 0 Å². The lowest BCUT2D eigenvalue weighted by atomic mass is 10.1. The smallest absolute Gasteiger partial charge is 0.321 e. The van der Waals surface area contributed by atoms with Crippen LogP contribution in [0.25, 0.3) is 0 Å². The summed E-state index contributed by atoms with van der Waals surface area (Å²) in [4.78, 5) is 24.0. The lowest BCUT2D eigenvalue weighted by Gasteiger charge is -2.15. The van der Waals surface area contributed by atoms with Gasteiger partial charge in [-0.25, -0.2) is 13.6 Å². The second kappa shape index (κ2) is 9.65. The predicted octanol–water partition coefficient (Wildman–Crippen LogP) is 4.83. The van der Waals surface area contributed by atoms with Gasteiger partial charge in [0.15, 0.2) is 0 Å². The van der Waals surface area contributed by atoms with Crippen molar-refractivity contribution in [1.82, 2.24) is 10.6 Å². The van der Waals surface area contributed by atoms with Crippen molar-refractivity contribution < 1.29 is 23.1 Å². The van der Waals surface area contributed by atoms with Crippen molar-refractivity contribution in [1.29, 1.82) is 0 Å². The number of amides is 3. The van der Waals surface area contributed by atoms with Crippen molar-refractivity contribution in [2.75, 3.05) is 0 Å². The van der Waals surface area contributed by atoms with Crippen LogP contribution in [0.1, 0.15) is 22.8 Å². The summed E-state index contributed by atoms with van der Waals surface area (Å²) < 4.78 is 33.0. The Labute approximate surface area is 172 Å². The highest BCUT2D eigenvalue weighted by Gasteiger charge is 2.19. The van der Waals surface area contributed by atoms with Crippen molar-refractivity contribution >= 4 is 11.9 Å². The Hall–Kier alpha value is -3.74. The van der Waals surface area contributed by atoms with Crippen molar-refractivity contribution in [3.63, 3.8) is 0 Å². The van der Waals surface area contributed by atoms with Crippen LogP contribution in [0, 0.1) is 11.6 Å². The summed E-state index contributed by atoms with van der Waals surface area (Å²) in [5, 5.41) is 4.52. The number of para-hydroxylation sites is 1. The topological polar surface area (TPSA) is 67.4 Å². The number of carbonyl (C=O) groups is 2. The molecular formula is C23H20F2N2O3. The molecule has 0 aliphatic heterocycles. The zero-order valence-corrected chi connectivity index (χ0v) is 16.2. The molecule has 7 heteroatoms. The van der Waals surface area contributed by atoms with Gasteiger partial charge in [0.2, 0.25) is 0 Å². The van der Waals surface area contributed by atoms with Gasteiger partial charge in [-0.1, -0.05) is 36.4 Å². The minimum absolute atomic E-state index is 0.329.